The highest BCUT2D eigenvalue weighted by Gasteiger charge is 2.27. The fourth-order valence-electron chi connectivity index (χ4n) is 1.39. The maximum absolute atomic E-state index is 5.87. The van der Waals surface area contributed by atoms with Crippen molar-refractivity contribution in [3.8, 4) is 0 Å². The summed E-state index contributed by atoms with van der Waals surface area (Å²) in [6.45, 7) is 13.1. The molecule has 0 aliphatic rings. The second-order valence-electron chi connectivity index (χ2n) is 4.73. The van der Waals surface area contributed by atoms with Crippen molar-refractivity contribution in [2.75, 3.05) is 5.88 Å². The van der Waals surface area contributed by atoms with Gasteiger partial charge in [0.15, 0.2) is 0 Å². The third kappa shape index (κ3) is 4.65. The predicted octanol–water partition coefficient (Wildman–Crippen LogP) is 3.76. The molecule has 11 heavy (non-hydrogen) atoms. The Morgan fingerprint density at radius 2 is 1.91 bits per heavy atom. The summed E-state index contributed by atoms with van der Waals surface area (Å²) >= 11 is 5.87. The summed E-state index contributed by atoms with van der Waals surface area (Å²) in [6.07, 6.45) is 2.00. The van der Waals surface area contributed by atoms with Crippen molar-refractivity contribution < 1.29 is 0 Å². The first kappa shape index (κ1) is 11.2. The molecular formula is C9H19ClSi. The minimum absolute atomic E-state index is 0.159. The largest absolute Gasteiger partial charge is 0.126 e. The summed E-state index contributed by atoms with van der Waals surface area (Å²) in [7, 11) is -0.990. The topological polar surface area (TPSA) is 0 Å². The van der Waals surface area contributed by atoms with Crippen LogP contribution in [0.25, 0.3) is 0 Å². The molecule has 0 saturated carbocycles. The van der Waals surface area contributed by atoms with Crippen LogP contribution < -0.4 is 0 Å². The molecule has 0 aromatic rings. The molecule has 0 aliphatic carbocycles. The van der Waals surface area contributed by atoms with Crippen LogP contribution in [0.2, 0.25) is 25.7 Å². The van der Waals surface area contributed by atoms with E-state index in [1.165, 1.54) is 6.04 Å². The molecule has 0 rings (SSSR count). The molecule has 0 nitrogen and oxygen atoms in total. The molecule has 0 aromatic heterocycles. The number of rotatable bonds is 4. The van der Waals surface area contributed by atoms with Crippen molar-refractivity contribution in [3.05, 3.63) is 12.7 Å². The zero-order valence-electron chi connectivity index (χ0n) is 8.08. The molecule has 0 aromatic carbocycles. The number of hydrogen-bond acceptors (Lipinski definition) is 0. The van der Waals surface area contributed by atoms with Crippen LogP contribution in [0.4, 0.5) is 0 Å². The smallest absolute Gasteiger partial charge is 0.0451 e. The van der Waals surface area contributed by atoms with Gasteiger partial charge in [-0.05, 0) is 11.5 Å². The summed E-state index contributed by atoms with van der Waals surface area (Å²) in [4.78, 5) is 0. The van der Waals surface area contributed by atoms with Crippen molar-refractivity contribution in [3.63, 3.8) is 0 Å². The van der Waals surface area contributed by atoms with Crippen molar-refractivity contribution in [2.45, 2.75) is 32.6 Å². The molecule has 0 spiro atoms. The molecule has 0 amide bonds. The Morgan fingerprint density at radius 1 is 1.45 bits per heavy atom. The first-order valence-corrected chi connectivity index (χ1v) is 8.27. The second-order valence-corrected chi connectivity index (χ2v) is 10.5. The quantitative estimate of drug-likeness (QED) is 0.360. The van der Waals surface area contributed by atoms with Crippen molar-refractivity contribution in [2.24, 2.45) is 5.41 Å². The molecule has 0 radical (unpaired) electrons. The zero-order chi connectivity index (χ0) is 9.12. The van der Waals surface area contributed by atoms with Crippen LogP contribution in [0.5, 0.6) is 0 Å². The Morgan fingerprint density at radius 3 is 2.00 bits per heavy atom. The van der Waals surface area contributed by atoms with Gasteiger partial charge in [0.05, 0.1) is 0 Å². The van der Waals surface area contributed by atoms with Crippen LogP contribution in [0.1, 0.15) is 6.92 Å². The Hall–Kier alpha value is 0.247. The van der Waals surface area contributed by atoms with Crippen LogP contribution in [0.3, 0.4) is 0 Å². The maximum atomic E-state index is 5.87. The van der Waals surface area contributed by atoms with Gasteiger partial charge in [-0.15, -0.1) is 18.2 Å². The lowest BCUT2D eigenvalue weighted by Crippen LogP contribution is -2.30. The van der Waals surface area contributed by atoms with Gasteiger partial charge >= 0.3 is 0 Å². The van der Waals surface area contributed by atoms with Gasteiger partial charge in [0.1, 0.15) is 0 Å². The van der Waals surface area contributed by atoms with Crippen molar-refractivity contribution >= 4 is 19.7 Å². The number of halogens is 1. The monoisotopic (exact) mass is 190 g/mol. The molecule has 66 valence electrons. The van der Waals surface area contributed by atoms with E-state index in [1.807, 2.05) is 6.08 Å². The molecule has 0 fully saturated rings. The third-order valence-electron chi connectivity index (χ3n) is 1.73. The second kappa shape index (κ2) is 3.77. The molecule has 0 heterocycles. The predicted molar refractivity (Wildman–Crippen MR) is 57.2 cm³/mol. The van der Waals surface area contributed by atoms with Crippen LogP contribution in [-0.2, 0) is 0 Å². The molecular weight excluding hydrogens is 172 g/mol. The Labute approximate surface area is 76.7 Å². The summed E-state index contributed by atoms with van der Waals surface area (Å²) in [5.41, 5.74) is 0.159. The summed E-state index contributed by atoms with van der Waals surface area (Å²) in [5, 5.41) is 0. The molecule has 0 N–H and O–H groups in total. The SMILES string of the molecule is C=CC(C)(CCl)C[Si](C)(C)C. The van der Waals surface area contributed by atoms with Gasteiger partial charge in [0, 0.05) is 14.0 Å². The van der Waals surface area contributed by atoms with Crippen molar-refractivity contribution in [1.82, 2.24) is 0 Å². The van der Waals surface area contributed by atoms with Crippen LogP contribution >= 0.6 is 11.6 Å². The summed E-state index contributed by atoms with van der Waals surface area (Å²) in [5.74, 6) is 0.695. The van der Waals surface area contributed by atoms with E-state index in [0.717, 1.165) is 0 Å². The van der Waals surface area contributed by atoms with E-state index >= 15 is 0 Å². The highest BCUT2D eigenvalue weighted by Crippen LogP contribution is 2.31. The van der Waals surface area contributed by atoms with E-state index in [0.29, 0.717) is 5.88 Å². The number of hydrogen-bond donors (Lipinski definition) is 0. The standard InChI is InChI=1S/C9H19ClSi/c1-6-9(2,7-10)8-11(3,4)5/h6H,1,7-8H2,2-5H3. The lowest BCUT2D eigenvalue weighted by atomic mass is 9.97. The summed E-state index contributed by atoms with van der Waals surface area (Å²) in [6, 6.07) is 1.23. The molecule has 0 bridgehead atoms. The number of allylic oxidation sites excluding steroid dienone is 1. The average molecular weight is 191 g/mol. The molecule has 1 atom stereocenters. The van der Waals surface area contributed by atoms with Crippen LogP contribution in [-0.4, -0.2) is 14.0 Å². The first-order valence-electron chi connectivity index (χ1n) is 4.02. The van der Waals surface area contributed by atoms with E-state index in [4.69, 9.17) is 11.6 Å². The van der Waals surface area contributed by atoms with Gasteiger partial charge in [-0.3, -0.25) is 0 Å². The van der Waals surface area contributed by atoms with Crippen LogP contribution in [0.15, 0.2) is 12.7 Å². The van der Waals surface area contributed by atoms with Gasteiger partial charge < -0.3 is 0 Å². The van der Waals surface area contributed by atoms with E-state index in [-0.39, 0.29) is 5.41 Å². The zero-order valence-corrected chi connectivity index (χ0v) is 9.83. The lowest BCUT2D eigenvalue weighted by molar-refractivity contribution is 0.544. The minimum atomic E-state index is -0.990. The minimum Gasteiger partial charge on any atom is -0.126 e. The Bertz CT molecular complexity index is 137. The lowest BCUT2D eigenvalue weighted by Gasteiger charge is -2.29. The third-order valence-corrected chi connectivity index (χ3v) is 4.21. The molecule has 0 aliphatic heterocycles. The van der Waals surface area contributed by atoms with E-state index < -0.39 is 8.07 Å². The Kier molecular flexibility index (Phi) is 3.85. The maximum Gasteiger partial charge on any atom is 0.0451 e. The molecule has 1 unspecified atom stereocenters. The van der Waals surface area contributed by atoms with Gasteiger partial charge in [0.2, 0.25) is 0 Å². The summed E-state index contributed by atoms with van der Waals surface area (Å²) < 4.78 is 0. The van der Waals surface area contributed by atoms with Crippen molar-refractivity contribution in [1.29, 1.82) is 0 Å². The number of alkyl halides is 1. The van der Waals surface area contributed by atoms with E-state index in [9.17, 15) is 0 Å². The fourth-order valence-corrected chi connectivity index (χ4v) is 4.44. The average Bonchev–Trinajstić information content (AvgIpc) is 1.84. The van der Waals surface area contributed by atoms with Gasteiger partial charge in [-0.25, -0.2) is 0 Å². The molecule has 0 saturated heterocycles. The van der Waals surface area contributed by atoms with Gasteiger partial charge in [-0.2, -0.15) is 0 Å². The fraction of sp³-hybridized carbons (Fsp3) is 0.778. The van der Waals surface area contributed by atoms with Gasteiger partial charge in [0.25, 0.3) is 0 Å². The van der Waals surface area contributed by atoms with Crippen LogP contribution in [0, 0.1) is 5.41 Å². The normalized spacial score (nSPS) is 17.5. The highest BCUT2D eigenvalue weighted by molar-refractivity contribution is 6.76. The Balaban J connectivity index is 4.19. The van der Waals surface area contributed by atoms with Gasteiger partial charge in [-0.1, -0.05) is 32.6 Å². The van der Waals surface area contributed by atoms with E-state index in [1.54, 1.807) is 0 Å². The molecule has 2 heteroatoms. The first-order chi connectivity index (χ1) is 4.83. The van der Waals surface area contributed by atoms with E-state index in [2.05, 4.69) is 33.1 Å². The highest BCUT2D eigenvalue weighted by atomic mass is 35.5.